The molecule has 0 bridgehead atoms. The highest BCUT2D eigenvalue weighted by Gasteiger charge is 2.32. The summed E-state index contributed by atoms with van der Waals surface area (Å²) in [5.41, 5.74) is 3.28. The van der Waals surface area contributed by atoms with Gasteiger partial charge >= 0.3 is 0 Å². The van der Waals surface area contributed by atoms with Crippen molar-refractivity contribution in [3.05, 3.63) is 98.5 Å². The first kappa shape index (κ1) is 28.7. The molecule has 0 aliphatic carbocycles. The summed E-state index contributed by atoms with van der Waals surface area (Å²) < 4.78 is 6.95. The highest BCUT2D eigenvalue weighted by atomic mass is 79.9. The molecule has 0 spiro atoms. The highest BCUT2D eigenvalue weighted by molar-refractivity contribution is 9.10. The number of amides is 2. The third kappa shape index (κ3) is 8.34. The summed E-state index contributed by atoms with van der Waals surface area (Å²) in [4.78, 5) is 28.9. The van der Waals surface area contributed by atoms with Gasteiger partial charge in [-0.15, -0.1) is 0 Å². The Morgan fingerprint density at radius 1 is 1.00 bits per heavy atom. The Hall–Kier alpha value is -2.83. The van der Waals surface area contributed by atoms with E-state index >= 15 is 0 Å². The van der Waals surface area contributed by atoms with Crippen molar-refractivity contribution in [3.63, 3.8) is 0 Å². The first-order valence-electron chi connectivity index (χ1n) is 12.2. The van der Waals surface area contributed by atoms with Gasteiger partial charge in [0, 0.05) is 28.0 Å². The van der Waals surface area contributed by atoms with Gasteiger partial charge in [0.2, 0.25) is 5.91 Å². The Kier molecular flexibility index (Phi) is 9.80. The second-order valence-electron chi connectivity index (χ2n) is 10.2. The maximum Gasteiger partial charge on any atom is 0.261 e. The van der Waals surface area contributed by atoms with E-state index in [1.54, 1.807) is 11.0 Å². The second-order valence-corrected chi connectivity index (χ2v) is 11.4. The van der Waals surface area contributed by atoms with Gasteiger partial charge in [-0.1, -0.05) is 76.1 Å². The Bertz CT molecular complexity index is 1220. The average molecular weight is 586 g/mol. The molecule has 0 saturated heterocycles. The summed E-state index contributed by atoms with van der Waals surface area (Å²) in [7, 11) is 0. The van der Waals surface area contributed by atoms with Crippen LogP contribution in [0, 0.1) is 13.8 Å². The van der Waals surface area contributed by atoms with Crippen molar-refractivity contribution in [2.24, 2.45) is 0 Å². The Labute approximate surface area is 233 Å². The molecule has 1 N–H and O–H groups in total. The van der Waals surface area contributed by atoms with Gasteiger partial charge in [0.1, 0.15) is 11.8 Å². The predicted molar refractivity (Wildman–Crippen MR) is 153 cm³/mol. The first-order valence-corrected chi connectivity index (χ1v) is 13.4. The standard InChI is InChI=1S/C30H34BrClN2O3/c1-20-15-24(16-21(2)28(20)31)37-19-27(35)34(18-23-13-9-10-14-25(23)32)26(29(36)33-30(3,4)5)17-22-11-7-6-8-12-22/h6-16,26H,17-19H2,1-5H3,(H,33,36). The fraction of sp³-hybridized carbons (Fsp3) is 0.333. The van der Waals surface area contributed by atoms with Gasteiger partial charge in [-0.3, -0.25) is 9.59 Å². The van der Waals surface area contributed by atoms with Crippen LogP contribution in [0.15, 0.2) is 71.2 Å². The molecule has 0 aliphatic rings. The summed E-state index contributed by atoms with van der Waals surface area (Å²) >= 11 is 10.0. The third-order valence-corrected chi connectivity index (χ3v) is 7.46. The van der Waals surface area contributed by atoms with Crippen LogP contribution in [0.3, 0.4) is 0 Å². The lowest BCUT2D eigenvalue weighted by Crippen LogP contribution is -2.55. The fourth-order valence-electron chi connectivity index (χ4n) is 4.03. The monoisotopic (exact) mass is 584 g/mol. The van der Waals surface area contributed by atoms with E-state index in [4.69, 9.17) is 16.3 Å². The largest absolute Gasteiger partial charge is 0.484 e. The van der Waals surface area contributed by atoms with Crippen LogP contribution in [-0.2, 0) is 22.6 Å². The van der Waals surface area contributed by atoms with Gasteiger partial charge in [0.15, 0.2) is 6.61 Å². The Morgan fingerprint density at radius 3 is 2.19 bits per heavy atom. The predicted octanol–water partition coefficient (Wildman–Crippen LogP) is 6.65. The summed E-state index contributed by atoms with van der Waals surface area (Å²) in [5.74, 6) is 0.0678. The van der Waals surface area contributed by atoms with E-state index in [9.17, 15) is 9.59 Å². The molecule has 196 valence electrons. The van der Waals surface area contributed by atoms with Gasteiger partial charge in [0.05, 0.1) is 0 Å². The van der Waals surface area contributed by atoms with E-state index in [0.717, 1.165) is 26.7 Å². The van der Waals surface area contributed by atoms with E-state index in [0.29, 0.717) is 17.2 Å². The number of nitrogens with one attached hydrogen (secondary N) is 1. The zero-order valence-corrected chi connectivity index (χ0v) is 24.3. The van der Waals surface area contributed by atoms with Crippen LogP contribution in [0.25, 0.3) is 0 Å². The number of aryl methyl sites for hydroxylation is 2. The number of nitrogens with zero attached hydrogens (tertiary/aromatic N) is 1. The van der Waals surface area contributed by atoms with Crippen LogP contribution in [0.4, 0.5) is 0 Å². The van der Waals surface area contributed by atoms with Crippen LogP contribution in [-0.4, -0.2) is 34.9 Å². The SMILES string of the molecule is Cc1cc(OCC(=O)N(Cc2ccccc2Cl)C(Cc2ccccc2)C(=O)NC(C)(C)C)cc(C)c1Br. The van der Waals surface area contributed by atoms with Gasteiger partial charge in [0.25, 0.3) is 5.91 Å². The molecule has 3 aromatic carbocycles. The van der Waals surface area contributed by atoms with Crippen LogP contribution >= 0.6 is 27.5 Å². The van der Waals surface area contributed by atoms with Crippen molar-refractivity contribution in [2.75, 3.05) is 6.61 Å². The summed E-state index contributed by atoms with van der Waals surface area (Å²) in [6.07, 6.45) is 0.357. The zero-order valence-electron chi connectivity index (χ0n) is 22.0. The molecule has 1 atom stereocenters. The smallest absolute Gasteiger partial charge is 0.261 e. The van der Waals surface area contributed by atoms with E-state index in [1.807, 2.05) is 95.3 Å². The molecule has 0 aromatic heterocycles. The molecule has 3 aromatic rings. The second kappa shape index (κ2) is 12.6. The van der Waals surface area contributed by atoms with E-state index in [-0.39, 0.29) is 25.0 Å². The summed E-state index contributed by atoms with van der Waals surface area (Å²) in [6, 6.07) is 20.1. The zero-order chi connectivity index (χ0) is 27.2. The minimum Gasteiger partial charge on any atom is -0.484 e. The summed E-state index contributed by atoms with van der Waals surface area (Å²) in [5, 5.41) is 3.60. The van der Waals surface area contributed by atoms with E-state index in [2.05, 4.69) is 21.2 Å². The van der Waals surface area contributed by atoms with Crippen LogP contribution in [0.1, 0.15) is 43.0 Å². The average Bonchev–Trinajstić information content (AvgIpc) is 2.83. The number of rotatable bonds is 9. The molecule has 0 radical (unpaired) electrons. The van der Waals surface area contributed by atoms with Crippen LogP contribution in [0.2, 0.25) is 5.02 Å². The van der Waals surface area contributed by atoms with Gasteiger partial charge < -0.3 is 15.0 Å². The molecule has 37 heavy (non-hydrogen) atoms. The lowest BCUT2D eigenvalue weighted by atomic mass is 10.0. The number of carbonyl (C=O) groups is 2. The Morgan fingerprint density at radius 2 is 1.59 bits per heavy atom. The number of hydrogen-bond donors (Lipinski definition) is 1. The van der Waals surface area contributed by atoms with Crippen molar-refractivity contribution < 1.29 is 14.3 Å². The van der Waals surface area contributed by atoms with Crippen molar-refractivity contribution in [1.82, 2.24) is 10.2 Å². The van der Waals surface area contributed by atoms with Crippen molar-refractivity contribution >= 4 is 39.3 Å². The topological polar surface area (TPSA) is 58.6 Å². The molecule has 0 saturated carbocycles. The number of hydrogen-bond acceptors (Lipinski definition) is 3. The Balaban J connectivity index is 1.95. The van der Waals surface area contributed by atoms with Crippen molar-refractivity contribution in [3.8, 4) is 5.75 Å². The molecule has 0 aliphatic heterocycles. The van der Waals surface area contributed by atoms with Crippen molar-refractivity contribution in [2.45, 2.75) is 59.2 Å². The van der Waals surface area contributed by atoms with Crippen LogP contribution in [0.5, 0.6) is 5.75 Å². The quantitative estimate of drug-likeness (QED) is 0.306. The minimum atomic E-state index is -0.762. The van der Waals surface area contributed by atoms with Crippen LogP contribution < -0.4 is 10.1 Å². The number of halogens is 2. The number of benzene rings is 3. The molecule has 0 fully saturated rings. The molecular weight excluding hydrogens is 552 g/mol. The van der Waals surface area contributed by atoms with E-state index in [1.165, 1.54) is 0 Å². The van der Waals surface area contributed by atoms with Crippen molar-refractivity contribution in [1.29, 1.82) is 0 Å². The molecule has 5 nitrogen and oxygen atoms in total. The maximum absolute atomic E-state index is 13.7. The van der Waals surface area contributed by atoms with Gasteiger partial charge in [-0.05, 0) is 75.1 Å². The number of ether oxygens (including phenoxy) is 1. The van der Waals surface area contributed by atoms with Gasteiger partial charge in [-0.25, -0.2) is 0 Å². The summed E-state index contributed by atoms with van der Waals surface area (Å²) in [6.45, 7) is 9.68. The maximum atomic E-state index is 13.7. The molecule has 0 heterocycles. The molecule has 3 rings (SSSR count). The molecule has 1 unspecified atom stereocenters. The molecule has 7 heteroatoms. The third-order valence-electron chi connectivity index (χ3n) is 5.84. The molecular formula is C30H34BrClN2O3. The van der Waals surface area contributed by atoms with Gasteiger partial charge in [-0.2, -0.15) is 0 Å². The first-order chi connectivity index (χ1) is 17.4. The lowest BCUT2D eigenvalue weighted by molar-refractivity contribution is -0.143. The van der Waals surface area contributed by atoms with E-state index < -0.39 is 11.6 Å². The minimum absolute atomic E-state index is 0.176. The lowest BCUT2D eigenvalue weighted by Gasteiger charge is -2.34. The fourth-order valence-corrected chi connectivity index (χ4v) is 4.46. The molecule has 2 amide bonds. The normalized spacial score (nSPS) is 12.1. The highest BCUT2D eigenvalue weighted by Crippen LogP contribution is 2.27. The number of carbonyl (C=O) groups excluding carboxylic acids is 2.